The van der Waals surface area contributed by atoms with Crippen molar-refractivity contribution in [1.29, 1.82) is 0 Å². The van der Waals surface area contributed by atoms with Gasteiger partial charge in [-0.1, -0.05) is 73.9 Å². The van der Waals surface area contributed by atoms with Crippen molar-refractivity contribution in [2.45, 2.75) is 44.6 Å². The fraction of sp³-hybridized carbons (Fsp3) is 0.348. The topological polar surface area (TPSA) is 87.0 Å². The number of rotatable bonds is 7. The van der Waals surface area contributed by atoms with Crippen LogP contribution in [0.15, 0.2) is 54.6 Å². The third-order valence-electron chi connectivity index (χ3n) is 5.43. The number of tetrazole rings is 1. The van der Waals surface area contributed by atoms with Crippen molar-refractivity contribution < 1.29 is 14.3 Å². The van der Waals surface area contributed by atoms with Gasteiger partial charge in [0, 0.05) is 11.1 Å². The number of aromatic nitrogens is 4. The summed E-state index contributed by atoms with van der Waals surface area (Å²) in [6.45, 7) is -0.504. The third kappa shape index (κ3) is 4.97. The molecular weight excluding hydrogens is 380 g/mol. The molecule has 0 spiro atoms. The van der Waals surface area contributed by atoms with Gasteiger partial charge in [0.15, 0.2) is 18.9 Å². The Morgan fingerprint density at radius 1 is 0.967 bits per heavy atom. The van der Waals surface area contributed by atoms with Gasteiger partial charge >= 0.3 is 5.97 Å². The number of ether oxygens (including phenoxy) is 1. The number of carbonyl (C=O) groups is 2. The molecule has 0 radical (unpaired) electrons. The van der Waals surface area contributed by atoms with E-state index in [9.17, 15) is 9.59 Å². The van der Waals surface area contributed by atoms with Gasteiger partial charge in [-0.3, -0.25) is 4.79 Å². The molecule has 7 nitrogen and oxygen atoms in total. The summed E-state index contributed by atoms with van der Waals surface area (Å²) in [7, 11) is 0. The molecule has 0 aliphatic heterocycles. The molecule has 3 aromatic rings. The molecular formula is C23H24N4O3. The van der Waals surface area contributed by atoms with Crippen molar-refractivity contribution >= 4 is 11.8 Å². The van der Waals surface area contributed by atoms with E-state index >= 15 is 0 Å². The molecule has 30 heavy (non-hydrogen) atoms. The van der Waals surface area contributed by atoms with E-state index in [2.05, 4.69) is 15.4 Å². The molecule has 1 saturated carbocycles. The SMILES string of the molecule is O=C(Cn1nnc(-c2ccccc2)n1)OCC(=O)c1ccc(C2CCCCC2)cc1. The zero-order valence-corrected chi connectivity index (χ0v) is 16.7. The molecule has 1 aliphatic carbocycles. The maximum absolute atomic E-state index is 12.4. The van der Waals surface area contributed by atoms with E-state index in [0.29, 0.717) is 17.3 Å². The highest BCUT2D eigenvalue weighted by atomic mass is 16.5. The van der Waals surface area contributed by atoms with Gasteiger partial charge < -0.3 is 4.74 Å². The van der Waals surface area contributed by atoms with E-state index in [4.69, 9.17) is 4.74 Å². The predicted octanol–water partition coefficient (Wildman–Crippen LogP) is 3.81. The molecule has 1 fully saturated rings. The normalized spacial score (nSPS) is 14.4. The average molecular weight is 404 g/mol. The molecule has 2 aromatic carbocycles. The van der Waals surface area contributed by atoms with E-state index < -0.39 is 5.97 Å². The quantitative estimate of drug-likeness (QED) is 0.440. The first-order valence-electron chi connectivity index (χ1n) is 10.3. The second-order valence-corrected chi connectivity index (χ2v) is 7.55. The molecule has 0 bridgehead atoms. The summed E-state index contributed by atoms with van der Waals surface area (Å²) in [5.74, 6) is 0.212. The predicted molar refractivity (Wildman–Crippen MR) is 111 cm³/mol. The zero-order valence-electron chi connectivity index (χ0n) is 16.7. The van der Waals surface area contributed by atoms with Crippen LogP contribution in [-0.4, -0.2) is 38.6 Å². The van der Waals surface area contributed by atoms with Gasteiger partial charge in [0.05, 0.1) is 0 Å². The summed E-state index contributed by atoms with van der Waals surface area (Å²) in [6.07, 6.45) is 6.29. The monoisotopic (exact) mass is 404 g/mol. The highest BCUT2D eigenvalue weighted by molar-refractivity contribution is 5.97. The Balaban J connectivity index is 1.27. The lowest BCUT2D eigenvalue weighted by Gasteiger charge is -2.22. The van der Waals surface area contributed by atoms with E-state index in [0.717, 1.165) is 10.4 Å². The van der Waals surface area contributed by atoms with Crippen LogP contribution < -0.4 is 0 Å². The maximum Gasteiger partial charge on any atom is 0.330 e. The van der Waals surface area contributed by atoms with Gasteiger partial charge in [0.2, 0.25) is 5.82 Å². The Bertz CT molecular complexity index is 993. The Morgan fingerprint density at radius 3 is 2.43 bits per heavy atom. The summed E-state index contributed by atoms with van der Waals surface area (Å²) < 4.78 is 5.11. The standard InChI is InChI=1S/C23H24N4O3/c28-21(19-13-11-18(12-14-19)17-7-3-1-4-8-17)16-30-22(29)15-27-25-23(24-26-27)20-9-5-2-6-10-20/h2,5-6,9-14,17H,1,3-4,7-8,15-16H2. The van der Waals surface area contributed by atoms with Crippen LogP contribution in [0, 0.1) is 0 Å². The van der Waals surface area contributed by atoms with Crippen LogP contribution in [0.4, 0.5) is 0 Å². The molecule has 1 aromatic heterocycles. The summed E-state index contributed by atoms with van der Waals surface area (Å²) in [6, 6.07) is 17.1. The van der Waals surface area contributed by atoms with E-state index in [-0.39, 0.29) is 18.9 Å². The average Bonchev–Trinajstić information content (AvgIpc) is 3.27. The zero-order chi connectivity index (χ0) is 20.8. The fourth-order valence-corrected chi connectivity index (χ4v) is 3.78. The van der Waals surface area contributed by atoms with Crippen LogP contribution in [0.25, 0.3) is 11.4 Å². The molecule has 1 heterocycles. The molecule has 0 amide bonds. The van der Waals surface area contributed by atoms with Gasteiger partial charge in [-0.25, -0.2) is 4.79 Å². The second kappa shape index (κ2) is 9.43. The summed E-state index contributed by atoms with van der Waals surface area (Å²) >= 11 is 0. The minimum absolute atomic E-state index is 0.201. The molecule has 4 rings (SSSR count). The molecule has 0 N–H and O–H groups in total. The van der Waals surface area contributed by atoms with Crippen LogP contribution in [0.3, 0.4) is 0 Å². The van der Waals surface area contributed by atoms with Crippen molar-refractivity contribution in [1.82, 2.24) is 20.2 Å². The van der Waals surface area contributed by atoms with Crippen molar-refractivity contribution in [2.75, 3.05) is 6.61 Å². The number of benzene rings is 2. The Labute approximate surface area is 175 Å². The number of hydrogen-bond acceptors (Lipinski definition) is 6. The van der Waals surface area contributed by atoms with Crippen LogP contribution in [0.5, 0.6) is 0 Å². The number of ketones is 1. The summed E-state index contributed by atoms with van der Waals surface area (Å²) in [5, 5.41) is 12.0. The van der Waals surface area contributed by atoms with Crippen LogP contribution in [0.2, 0.25) is 0 Å². The lowest BCUT2D eigenvalue weighted by Crippen LogP contribution is -2.20. The van der Waals surface area contributed by atoms with Crippen molar-refractivity contribution in [2.24, 2.45) is 0 Å². The van der Waals surface area contributed by atoms with Gasteiger partial charge in [0.1, 0.15) is 0 Å². The van der Waals surface area contributed by atoms with Crippen molar-refractivity contribution in [3.63, 3.8) is 0 Å². The minimum atomic E-state index is -0.584. The Morgan fingerprint density at radius 2 is 1.70 bits per heavy atom. The van der Waals surface area contributed by atoms with Gasteiger partial charge in [-0.15, -0.1) is 10.2 Å². The molecule has 0 atom stereocenters. The number of carbonyl (C=O) groups excluding carboxylic acids is 2. The first-order valence-corrected chi connectivity index (χ1v) is 10.3. The largest absolute Gasteiger partial charge is 0.456 e. The number of Topliss-reactive ketones (excluding diaryl/α,β-unsaturated/α-hetero) is 1. The van der Waals surface area contributed by atoms with E-state index in [1.807, 2.05) is 54.6 Å². The van der Waals surface area contributed by atoms with Crippen molar-refractivity contribution in [3.8, 4) is 11.4 Å². The first-order chi connectivity index (χ1) is 14.7. The molecule has 7 heteroatoms. The van der Waals surface area contributed by atoms with Crippen LogP contribution in [-0.2, 0) is 16.1 Å². The van der Waals surface area contributed by atoms with Gasteiger partial charge in [-0.05, 0) is 29.5 Å². The minimum Gasteiger partial charge on any atom is -0.456 e. The molecule has 154 valence electrons. The van der Waals surface area contributed by atoms with E-state index in [1.54, 1.807) is 0 Å². The smallest absolute Gasteiger partial charge is 0.330 e. The Kier molecular flexibility index (Phi) is 6.27. The van der Waals surface area contributed by atoms with Gasteiger partial charge in [0.25, 0.3) is 0 Å². The maximum atomic E-state index is 12.4. The van der Waals surface area contributed by atoms with Crippen molar-refractivity contribution in [3.05, 3.63) is 65.7 Å². The number of nitrogens with zero attached hydrogens (tertiary/aromatic N) is 4. The number of esters is 1. The fourth-order valence-electron chi connectivity index (χ4n) is 3.78. The third-order valence-corrected chi connectivity index (χ3v) is 5.43. The summed E-state index contributed by atoms with van der Waals surface area (Å²) in [4.78, 5) is 25.6. The highest BCUT2D eigenvalue weighted by Crippen LogP contribution is 2.32. The molecule has 0 saturated heterocycles. The van der Waals surface area contributed by atoms with E-state index in [1.165, 1.54) is 37.7 Å². The highest BCUT2D eigenvalue weighted by Gasteiger charge is 2.17. The van der Waals surface area contributed by atoms with Crippen LogP contribution >= 0.6 is 0 Å². The first kappa shape index (κ1) is 19.9. The lowest BCUT2D eigenvalue weighted by atomic mass is 9.84. The summed E-state index contributed by atoms with van der Waals surface area (Å²) in [5.41, 5.74) is 2.64. The number of hydrogen-bond donors (Lipinski definition) is 0. The molecule has 1 aliphatic rings. The lowest BCUT2D eigenvalue weighted by molar-refractivity contribution is -0.143. The Hall–Kier alpha value is -3.35. The van der Waals surface area contributed by atoms with Gasteiger partial charge in [-0.2, -0.15) is 4.80 Å². The molecule has 0 unspecified atom stereocenters. The van der Waals surface area contributed by atoms with Crippen LogP contribution in [0.1, 0.15) is 53.9 Å². The second-order valence-electron chi connectivity index (χ2n) is 7.55.